The van der Waals surface area contributed by atoms with Crippen LogP contribution in [0.4, 0.5) is 0 Å². The van der Waals surface area contributed by atoms with Crippen LogP contribution in [0.2, 0.25) is 0 Å². The first-order chi connectivity index (χ1) is 6.93. The van der Waals surface area contributed by atoms with Gasteiger partial charge in [-0.05, 0) is 39.2 Å². The Morgan fingerprint density at radius 1 is 1.20 bits per heavy atom. The topological polar surface area (TPSA) is 53.1 Å². The molecule has 0 radical (unpaired) electrons. The average molecular weight is 213 g/mol. The second-order valence-corrected chi connectivity index (χ2v) is 4.94. The molecule has 15 heavy (non-hydrogen) atoms. The SMILES string of the molecule is CC(C)CCCN(CCC(=N)N)C(C)C. The highest BCUT2D eigenvalue weighted by Crippen LogP contribution is 2.07. The highest BCUT2D eigenvalue weighted by molar-refractivity contribution is 5.76. The molecule has 0 aliphatic heterocycles. The van der Waals surface area contributed by atoms with Gasteiger partial charge in [0, 0.05) is 19.0 Å². The van der Waals surface area contributed by atoms with Crippen molar-refractivity contribution >= 4 is 5.84 Å². The summed E-state index contributed by atoms with van der Waals surface area (Å²) in [4.78, 5) is 2.41. The van der Waals surface area contributed by atoms with Crippen molar-refractivity contribution in [1.29, 1.82) is 5.41 Å². The Kier molecular flexibility index (Phi) is 7.39. The van der Waals surface area contributed by atoms with Crippen LogP contribution < -0.4 is 5.73 Å². The third-order valence-corrected chi connectivity index (χ3v) is 2.63. The summed E-state index contributed by atoms with van der Waals surface area (Å²) in [6, 6.07) is 0.552. The number of hydrogen-bond donors (Lipinski definition) is 2. The van der Waals surface area contributed by atoms with Crippen LogP contribution in [0.1, 0.15) is 47.0 Å². The second-order valence-electron chi connectivity index (χ2n) is 4.94. The summed E-state index contributed by atoms with van der Waals surface area (Å²) in [6.45, 7) is 11.0. The molecule has 3 N–H and O–H groups in total. The van der Waals surface area contributed by atoms with Crippen molar-refractivity contribution < 1.29 is 0 Å². The predicted molar refractivity (Wildman–Crippen MR) is 67.3 cm³/mol. The third-order valence-electron chi connectivity index (χ3n) is 2.63. The molecule has 0 saturated carbocycles. The molecule has 90 valence electrons. The molecule has 3 heteroatoms. The molecule has 0 atom stereocenters. The molecule has 0 aromatic rings. The van der Waals surface area contributed by atoms with Crippen molar-refractivity contribution in [3.8, 4) is 0 Å². The lowest BCUT2D eigenvalue weighted by Crippen LogP contribution is -2.34. The largest absolute Gasteiger partial charge is 0.388 e. The number of nitrogens with zero attached hydrogens (tertiary/aromatic N) is 1. The van der Waals surface area contributed by atoms with E-state index in [9.17, 15) is 0 Å². The zero-order valence-electron chi connectivity index (χ0n) is 10.7. The Balaban J connectivity index is 3.78. The Labute approximate surface area is 94.5 Å². The number of rotatable bonds is 8. The minimum absolute atomic E-state index is 0.296. The third kappa shape index (κ3) is 8.43. The van der Waals surface area contributed by atoms with E-state index < -0.39 is 0 Å². The summed E-state index contributed by atoms with van der Waals surface area (Å²) in [7, 11) is 0. The van der Waals surface area contributed by atoms with Crippen LogP contribution in [-0.4, -0.2) is 29.9 Å². The summed E-state index contributed by atoms with van der Waals surface area (Å²) >= 11 is 0. The first kappa shape index (κ1) is 14.4. The Hall–Kier alpha value is -0.570. The summed E-state index contributed by atoms with van der Waals surface area (Å²) < 4.78 is 0. The minimum Gasteiger partial charge on any atom is -0.388 e. The van der Waals surface area contributed by atoms with Gasteiger partial charge in [0.1, 0.15) is 0 Å². The van der Waals surface area contributed by atoms with E-state index in [1.54, 1.807) is 0 Å². The number of amidine groups is 1. The van der Waals surface area contributed by atoms with Gasteiger partial charge in [0.2, 0.25) is 0 Å². The Morgan fingerprint density at radius 3 is 2.20 bits per heavy atom. The van der Waals surface area contributed by atoms with Gasteiger partial charge in [-0.25, -0.2) is 0 Å². The maximum Gasteiger partial charge on any atom is 0.0918 e. The summed E-state index contributed by atoms with van der Waals surface area (Å²) in [5.74, 6) is 1.08. The van der Waals surface area contributed by atoms with E-state index in [4.69, 9.17) is 11.1 Å². The quantitative estimate of drug-likeness (QED) is 0.481. The van der Waals surface area contributed by atoms with E-state index in [0.717, 1.165) is 19.0 Å². The molecule has 0 aliphatic rings. The molecule has 0 bridgehead atoms. The van der Waals surface area contributed by atoms with Gasteiger partial charge in [0.05, 0.1) is 5.84 Å². The first-order valence-corrected chi connectivity index (χ1v) is 6.00. The molecule has 0 aromatic carbocycles. The molecular formula is C12H27N3. The highest BCUT2D eigenvalue weighted by atomic mass is 15.1. The summed E-state index contributed by atoms with van der Waals surface area (Å²) in [5.41, 5.74) is 5.37. The lowest BCUT2D eigenvalue weighted by atomic mass is 10.1. The zero-order chi connectivity index (χ0) is 11.8. The van der Waals surface area contributed by atoms with Gasteiger partial charge in [-0.1, -0.05) is 13.8 Å². The fourth-order valence-electron chi connectivity index (χ4n) is 1.59. The van der Waals surface area contributed by atoms with E-state index in [-0.39, 0.29) is 0 Å². The minimum atomic E-state index is 0.296. The van der Waals surface area contributed by atoms with Crippen LogP contribution >= 0.6 is 0 Å². The van der Waals surface area contributed by atoms with Crippen molar-refractivity contribution in [1.82, 2.24) is 4.90 Å². The van der Waals surface area contributed by atoms with Crippen molar-refractivity contribution in [2.75, 3.05) is 13.1 Å². The molecule has 0 aromatic heterocycles. The van der Waals surface area contributed by atoms with Crippen LogP contribution in [0.25, 0.3) is 0 Å². The molecule has 0 aliphatic carbocycles. The summed E-state index contributed by atoms with van der Waals surface area (Å²) in [5, 5.41) is 7.22. The van der Waals surface area contributed by atoms with E-state index in [1.807, 2.05) is 0 Å². The monoisotopic (exact) mass is 213 g/mol. The molecule has 0 fully saturated rings. The van der Waals surface area contributed by atoms with E-state index in [0.29, 0.717) is 18.3 Å². The standard InChI is InChI=1S/C12H27N3/c1-10(2)6-5-8-15(11(3)4)9-7-12(13)14/h10-11H,5-9H2,1-4H3,(H3,13,14). The first-order valence-electron chi connectivity index (χ1n) is 6.00. The van der Waals surface area contributed by atoms with Gasteiger partial charge < -0.3 is 10.6 Å². The van der Waals surface area contributed by atoms with Crippen LogP contribution in [0.15, 0.2) is 0 Å². The lowest BCUT2D eigenvalue weighted by Gasteiger charge is -2.26. The van der Waals surface area contributed by atoms with Gasteiger partial charge in [0.25, 0.3) is 0 Å². The molecule has 0 rings (SSSR count). The van der Waals surface area contributed by atoms with Crippen LogP contribution in [0.3, 0.4) is 0 Å². The molecule has 0 saturated heterocycles. The van der Waals surface area contributed by atoms with Crippen molar-refractivity contribution in [3.05, 3.63) is 0 Å². The number of nitrogens with two attached hydrogens (primary N) is 1. The van der Waals surface area contributed by atoms with Crippen molar-refractivity contribution in [2.24, 2.45) is 11.7 Å². The maximum atomic E-state index is 7.22. The normalized spacial score (nSPS) is 11.7. The van der Waals surface area contributed by atoms with Gasteiger partial charge in [-0.2, -0.15) is 0 Å². The molecule has 0 heterocycles. The Morgan fingerprint density at radius 2 is 1.80 bits per heavy atom. The fourth-order valence-corrected chi connectivity index (χ4v) is 1.59. The van der Waals surface area contributed by atoms with Crippen LogP contribution in [0.5, 0.6) is 0 Å². The lowest BCUT2D eigenvalue weighted by molar-refractivity contribution is 0.220. The van der Waals surface area contributed by atoms with E-state index in [1.165, 1.54) is 12.8 Å². The smallest absolute Gasteiger partial charge is 0.0918 e. The molecule has 3 nitrogen and oxygen atoms in total. The molecular weight excluding hydrogens is 186 g/mol. The molecule has 0 amide bonds. The van der Waals surface area contributed by atoms with Crippen LogP contribution in [-0.2, 0) is 0 Å². The average Bonchev–Trinajstić information content (AvgIpc) is 2.09. The van der Waals surface area contributed by atoms with Gasteiger partial charge in [-0.15, -0.1) is 0 Å². The number of nitrogens with one attached hydrogen (secondary N) is 1. The zero-order valence-corrected chi connectivity index (χ0v) is 10.7. The Bertz CT molecular complexity index is 176. The van der Waals surface area contributed by atoms with Gasteiger partial charge >= 0.3 is 0 Å². The van der Waals surface area contributed by atoms with E-state index in [2.05, 4.69) is 32.6 Å². The van der Waals surface area contributed by atoms with Gasteiger partial charge in [0.15, 0.2) is 0 Å². The predicted octanol–water partition coefficient (Wildman–Crippen LogP) is 2.46. The van der Waals surface area contributed by atoms with Crippen LogP contribution in [0, 0.1) is 11.3 Å². The van der Waals surface area contributed by atoms with E-state index >= 15 is 0 Å². The van der Waals surface area contributed by atoms with Crippen molar-refractivity contribution in [2.45, 2.75) is 53.0 Å². The highest BCUT2D eigenvalue weighted by Gasteiger charge is 2.09. The summed E-state index contributed by atoms with van der Waals surface area (Å²) in [6.07, 6.45) is 3.22. The van der Waals surface area contributed by atoms with Gasteiger partial charge in [-0.3, -0.25) is 5.41 Å². The maximum absolute atomic E-state index is 7.22. The molecule has 0 unspecified atom stereocenters. The molecule has 0 spiro atoms. The number of hydrogen-bond acceptors (Lipinski definition) is 2. The second kappa shape index (κ2) is 7.69. The fraction of sp³-hybridized carbons (Fsp3) is 0.917. The van der Waals surface area contributed by atoms with Crippen molar-refractivity contribution in [3.63, 3.8) is 0 Å².